The SMILES string of the molecule is CC/C=C\C/C=C\C/C=C\C/C=C\CC/C=C/CO.CC/C=C\C/C=C\C/C=C\C/C=C\CC/C=C/COS(C)(=O)=O. The van der Waals surface area contributed by atoms with Crippen molar-refractivity contribution < 1.29 is 17.7 Å². The molecule has 0 aliphatic heterocycles. The Morgan fingerprint density at radius 3 is 1.05 bits per heavy atom. The molecular weight excluding hydrogens is 540 g/mol. The number of hydrogen-bond acceptors (Lipinski definition) is 4. The summed E-state index contributed by atoms with van der Waals surface area (Å²) in [7, 11) is -3.33. The van der Waals surface area contributed by atoms with Gasteiger partial charge in [-0.15, -0.1) is 0 Å². The lowest BCUT2D eigenvalue weighted by Crippen LogP contribution is -2.01. The molecule has 0 aliphatic rings. The first kappa shape index (κ1) is 41.4. The summed E-state index contributed by atoms with van der Waals surface area (Å²) in [5, 5.41) is 8.55. The molecule has 0 aromatic heterocycles. The fraction of sp³-hybridized carbons (Fsp3) is 0.459. The fourth-order valence-corrected chi connectivity index (χ4v) is 3.45. The Labute approximate surface area is 259 Å². The number of aliphatic hydroxyl groups is 1. The minimum atomic E-state index is -3.33. The lowest BCUT2D eigenvalue weighted by molar-refractivity contribution is 0.342. The third-order valence-corrected chi connectivity index (χ3v) is 5.82. The van der Waals surface area contributed by atoms with Crippen molar-refractivity contribution in [2.75, 3.05) is 19.5 Å². The van der Waals surface area contributed by atoms with E-state index in [-0.39, 0.29) is 13.2 Å². The van der Waals surface area contributed by atoms with Crippen LogP contribution in [-0.2, 0) is 14.3 Å². The van der Waals surface area contributed by atoms with Gasteiger partial charge in [-0.25, -0.2) is 0 Å². The molecule has 236 valence electrons. The van der Waals surface area contributed by atoms with Crippen LogP contribution in [0.25, 0.3) is 0 Å². The van der Waals surface area contributed by atoms with Crippen LogP contribution in [0.3, 0.4) is 0 Å². The van der Waals surface area contributed by atoms with E-state index in [4.69, 9.17) is 5.11 Å². The van der Waals surface area contributed by atoms with Crippen molar-refractivity contribution in [3.05, 3.63) is 122 Å². The number of rotatable bonds is 24. The van der Waals surface area contributed by atoms with E-state index in [1.807, 2.05) is 12.2 Å². The molecule has 0 aromatic rings. The van der Waals surface area contributed by atoms with Crippen LogP contribution < -0.4 is 0 Å². The fourth-order valence-electron chi connectivity index (χ4n) is 3.12. The molecule has 0 spiro atoms. The molecular formula is C37H58O4S. The minimum Gasteiger partial charge on any atom is -0.392 e. The zero-order valence-corrected chi connectivity index (χ0v) is 27.3. The van der Waals surface area contributed by atoms with E-state index in [2.05, 4.69) is 115 Å². The highest BCUT2D eigenvalue weighted by atomic mass is 32.2. The van der Waals surface area contributed by atoms with Gasteiger partial charge in [0.15, 0.2) is 0 Å². The Kier molecular flexibility index (Phi) is 35.8. The van der Waals surface area contributed by atoms with E-state index in [1.54, 1.807) is 12.2 Å². The zero-order valence-electron chi connectivity index (χ0n) is 26.5. The van der Waals surface area contributed by atoms with Crippen LogP contribution in [0.15, 0.2) is 122 Å². The highest BCUT2D eigenvalue weighted by molar-refractivity contribution is 7.85. The number of hydrogen-bond donors (Lipinski definition) is 1. The molecule has 5 heteroatoms. The summed E-state index contributed by atoms with van der Waals surface area (Å²) in [6.45, 7) is 4.56. The average Bonchev–Trinajstić information content (AvgIpc) is 2.96. The molecule has 4 nitrogen and oxygen atoms in total. The first-order valence-corrected chi connectivity index (χ1v) is 17.2. The summed E-state index contributed by atoms with van der Waals surface area (Å²) in [4.78, 5) is 0. The standard InChI is InChI=1S/C19H30O3S.C18H28O/c1-3-4-5-6-7-8-9-10-11-12-13-14-15-16-17-18-19-22-23(2,20)21;1-2-3-4-5-6-7-8-9-10-11-12-13-14-15-16-17-18-19/h4-5,7-8,10-11,13-14,17-18H,3,6,9,12,15-16,19H2,1-2H3;3-4,6-7,9-10,12-13,16-17,19H,2,5,8,11,14-15,18H2,1H3/b5-4-,8-7-,11-10-,14-13-,18-17+;4-3-,7-6-,10-9-,13-12-,17-16+. The van der Waals surface area contributed by atoms with Crippen LogP contribution in [0.2, 0.25) is 0 Å². The number of unbranched alkanes of at least 4 members (excludes halogenated alkanes) is 2. The topological polar surface area (TPSA) is 63.6 Å². The zero-order chi connectivity index (χ0) is 31.2. The molecule has 0 atom stereocenters. The predicted octanol–water partition coefficient (Wildman–Crippen LogP) is 10.2. The second-order valence-electron chi connectivity index (χ2n) is 9.27. The molecule has 0 aromatic carbocycles. The van der Waals surface area contributed by atoms with Gasteiger partial charge in [0, 0.05) is 0 Å². The van der Waals surface area contributed by atoms with Crippen molar-refractivity contribution in [1.29, 1.82) is 0 Å². The summed E-state index contributed by atoms with van der Waals surface area (Å²) < 4.78 is 26.0. The lowest BCUT2D eigenvalue weighted by atomic mass is 10.2. The molecule has 0 bridgehead atoms. The van der Waals surface area contributed by atoms with Crippen molar-refractivity contribution in [2.24, 2.45) is 0 Å². The van der Waals surface area contributed by atoms with Gasteiger partial charge in [0.05, 0.1) is 19.5 Å². The van der Waals surface area contributed by atoms with Crippen molar-refractivity contribution in [3.8, 4) is 0 Å². The van der Waals surface area contributed by atoms with E-state index >= 15 is 0 Å². The van der Waals surface area contributed by atoms with Crippen molar-refractivity contribution >= 4 is 10.1 Å². The van der Waals surface area contributed by atoms with E-state index in [0.717, 1.165) is 83.3 Å². The summed E-state index contributed by atoms with van der Waals surface area (Å²) in [6.07, 6.45) is 55.6. The van der Waals surface area contributed by atoms with Crippen LogP contribution >= 0.6 is 0 Å². The third kappa shape index (κ3) is 44.3. The molecule has 0 heterocycles. The van der Waals surface area contributed by atoms with E-state index in [1.165, 1.54) is 0 Å². The van der Waals surface area contributed by atoms with Gasteiger partial charge in [-0.1, -0.05) is 135 Å². The Balaban J connectivity index is 0. The second-order valence-corrected chi connectivity index (χ2v) is 10.9. The van der Waals surface area contributed by atoms with Crippen LogP contribution in [0.1, 0.15) is 90.9 Å². The summed E-state index contributed by atoms with van der Waals surface area (Å²) in [5.74, 6) is 0. The van der Waals surface area contributed by atoms with Crippen LogP contribution in [-0.4, -0.2) is 33.0 Å². The smallest absolute Gasteiger partial charge is 0.264 e. The molecule has 0 unspecified atom stereocenters. The highest BCUT2D eigenvalue weighted by Gasteiger charge is 1.96. The molecule has 42 heavy (non-hydrogen) atoms. The molecule has 1 N–H and O–H groups in total. The summed E-state index contributed by atoms with van der Waals surface area (Å²) in [6, 6.07) is 0. The van der Waals surface area contributed by atoms with Gasteiger partial charge in [-0.3, -0.25) is 4.18 Å². The first-order chi connectivity index (χ1) is 20.5. The molecule has 0 fully saturated rings. The van der Waals surface area contributed by atoms with Gasteiger partial charge in [0.25, 0.3) is 10.1 Å². The van der Waals surface area contributed by atoms with Gasteiger partial charge in [-0.2, -0.15) is 8.42 Å². The van der Waals surface area contributed by atoms with E-state index in [0.29, 0.717) is 0 Å². The predicted molar refractivity (Wildman–Crippen MR) is 186 cm³/mol. The van der Waals surface area contributed by atoms with Gasteiger partial charge >= 0.3 is 0 Å². The van der Waals surface area contributed by atoms with Gasteiger partial charge in [0.2, 0.25) is 0 Å². The van der Waals surface area contributed by atoms with Crippen molar-refractivity contribution in [3.63, 3.8) is 0 Å². The maximum absolute atomic E-state index is 10.7. The maximum Gasteiger partial charge on any atom is 0.264 e. The Morgan fingerprint density at radius 1 is 0.452 bits per heavy atom. The highest BCUT2D eigenvalue weighted by Crippen LogP contribution is 1.99. The van der Waals surface area contributed by atoms with Crippen LogP contribution in [0.4, 0.5) is 0 Å². The van der Waals surface area contributed by atoms with Gasteiger partial charge in [-0.05, 0) is 77.0 Å². The van der Waals surface area contributed by atoms with Crippen LogP contribution in [0.5, 0.6) is 0 Å². The van der Waals surface area contributed by atoms with Gasteiger partial charge in [0.1, 0.15) is 0 Å². The Morgan fingerprint density at radius 2 is 0.738 bits per heavy atom. The molecule has 0 rings (SSSR count). The number of allylic oxidation sites excluding steroid dienone is 18. The Bertz CT molecular complexity index is 971. The van der Waals surface area contributed by atoms with Crippen molar-refractivity contribution in [1.82, 2.24) is 0 Å². The minimum absolute atomic E-state index is 0.118. The van der Waals surface area contributed by atoms with E-state index in [9.17, 15) is 8.42 Å². The lowest BCUT2D eigenvalue weighted by Gasteiger charge is -1.94. The third-order valence-electron chi connectivity index (χ3n) is 5.25. The summed E-state index contributed by atoms with van der Waals surface area (Å²) >= 11 is 0. The Hall–Kier alpha value is -2.73. The number of aliphatic hydroxyl groups excluding tert-OH is 1. The first-order valence-electron chi connectivity index (χ1n) is 15.4. The van der Waals surface area contributed by atoms with Gasteiger partial charge < -0.3 is 5.11 Å². The molecule has 0 saturated heterocycles. The van der Waals surface area contributed by atoms with Crippen molar-refractivity contribution in [2.45, 2.75) is 90.9 Å². The normalized spacial score (nSPS) is 13.4. The van der Waals surface area contributed by atoms with Crippen LogP contribution in [0, 0.1) is 0 Å². The molecule has 0 saturated carbocycles. The quantitative estimate of drug-likeness (QED) is 0.0682. The largest absolute Gasteiger partial charge is 0.392 e. The second kappa shape index (κ2) is 36.3. The summed E-state index contributed by atoms with van der Waals surface area (Å²) in [5.41, 5.74) is 0. The maximum atomic E-state index is 10.7. The van der Waals surface area contributed by atoms with E-state index < -0.39 is 10.1 Å². The molecule has 0 aliphatic carbocycles. The monoisotopic (exact) mass is 598 g/mol. The molecule has 0 amide bonds. The molecule has 0 radical (unpaired) electrons. The average molecular weight is 599 g/mol.